The summed E-state index contributed by atoms with van der Waals surface area (Å²) in [5, 5.41) is 13.9. The fraction of sp³-hybridized carbons (Fsp3) is 0.176. The molecule has 2 aromatic carbocycles. The Morgan fingerprint density at radius 2 is 1.72 bits per heavy atom. The van der Waals surface area contributed by atoms with Gasteiger partial charge in [0, 0.05) is 0 Å². The van der Waals surface area contributed by atoms with Gasteiger partial charge >= 0.3 is 0 Å². The SMILES string of the molecule is O=C(COCCOc1ccccc1)Nc1nnnn1-c1ccccc1. The maximum Gasteiger partial charge on any atom is 0.254 e. The van der Waals surface area contributed by atoms with Crippen LogP contribution in [0.1, 0.15) is 0 Å². The first-order valence-electron chi connectivity index (χ1n) is 7.72. The number of anilines is 1. The average Bonchev–Trinajstić information content (AvgIpc) is 3.11. The Kier molecular flexibility index (Phi) is 5.68. The summed E-state index contributed by atoms with van der Waals surface area (Å²) in [5.41, 5.74) is 0.750. The van der Waals surface area contributed by atoms with Crippen molar-refractivity contribution in [2.45, 2.75) is 0 Å². The molecule has 0 saturated heterocycles. The Morgan fingerprint density at radius 1 is 1.00 bits per heavy atom. The lowest BCUT2D eigenvalue weighted by atomic mass is 10.3. The highest BCUT2D eigenvalue weighted by atomic mass is 16.5. The molecule has 0 bridgehead atoms. The van der Waals surface area contributed by atoms with Crippen molar-refractivity contribution in [1.82, 2.24) is 20.2 Å². The molecule has 0 fully saturated rings. The van der Waals surface area contributed by atoms with Crippen molar-refractivity contribution in [3.63, 3.8) is 0 Å². The minimum atomic E-state index is -0.341. The Labute approximate surface area is 144 Å². The highest BCUT2D eigenvalue weighted by Gasteiger charge is 2.11. The number of nitrogens with one attached hydrogen (secondary N) is 1. The molecule has 128 valence electrons. The van der Waals surface area contributed by atoms with Gasteiger partial charge in [0.25, 0.3) is 11.9 Å². The summed E-state index contributed by atoms with van der Waals surface area (Å²) in [6, 6.07) is 18.7. The molecule has 0 unspecified atom stereocenters. The van der Waals surface area contributed by atoms with Crippen LogP contribution in [0.5, 0.6) is 5.75 Å². The topological polar surface area (TPSA) is 91.2 Å². The second kappa shape index (κ2) is 8.55. The van der Waals surface area contributed by atoms with Gasteiger partial charge in [-0.3, -0.25) is 10.1 Å². The lowest BCUT2D eigenvalue weighted by molar-refractivity contribution is -0.120. The molecule has 1 amide bonds. The van der Waals surface area contributed by atoms with Crippen molar-refractivity contribution < 1.29 is 14.3 Å². The molecule has 8 heteroatoms. The van der Waals surface area contributed by atoms with E-state index in [0.717, 1.165) is 11.4 Å². The van der Waals surface area contributed by atoms with E-state index in [2.05, 4.69) is 20.8 Å². The number of para-hydroxylation sites is 2. The standard InChI is InChI=1S/C17H17N5O3/c23-16(13-24-11-12-25-15-9-5-2-6-10-15)18-17-19-20-21-22(17)14-7-3-1-4-8-14/h1-10H,11-13H2,(H,18,19,21,23). The number of carbonyl (C=O) groups is 1. The van der Waals surface area contributed by atoms with E-state index >= 15 is 0 Å². The van der Waals surface area contributed by atoms with Crippen LogP contribution in [0.15, 0.2) is 60.7 Å². The third-order valence-corrected chi connectivity index (χ3v) is 3.19. The number of amides is 1. The molecular weight excluding hydrogens is 322 g/mol. The molecule has 1 N–H and O–H groups in total. The van der Waals surface area contributed by atoms with E-state index in [1.54, 1.807) is 0 Å². The summed E-state index contributed by atoms with van der Waals surface area (Å²) in [6.07, 6.45) is 0. The summed E-state index contributed by atoms with van der Waals surface area (Å²) >= 11 is 0. The minimum absolute atomic E-state index is 0.111. The molecular formula is C17H17N5O3. The summed E-state index contributed by atoms with van der Waals surface area (Å²) in [7, 11) is 0. The molecule has 1 heterocycles. The largest absolute Gasteiger partial charge is 0.491 e. The van der Waals surface area contributed by atoms with Gasteiger partial charge in [0.1, 0.15) is 19.0 Å². The normalized spacial score (nSPS) is 10.4. The number of benzene rings is 2. The van der Waals surface area contributed by atoms with E-state index in [4.69, 9.17) is 9.47 Å². The summed E-state index contributed by atoms with van der Waals surface area (Å²) in [4.78, 5) is 11.9. The van der Waals surface area contributed by atoms with Crippen LogP contribution in [0.4, 0.5) is 5.95 Å². The van der Waals surface area contributed by atoms with Gasteiger partial charge in [-0.2, -0.15) is 4.68 Å². The zero-order valence-corrected chi connectivity index (χ0v) is 13.4. The molecule has 0 atom stereocenters. The highest BCUT2D eigenvalue weighted by Crippen LogP contribution is 2.10. The molecule has 0 aliphatic carbocycles. The van der Waals surface area contributed by atoms with Gasteiger partial charge in [-0.25, -0.2) is 0 Å². The first-order chi connectivity index (χ1) is 12.3. The summed E-state index contributed by atoms with van der Waals surface area (Å²) < 4.78 is 12.2. The first-order valence-corrected chi connectivity index (χ1v) is 7.72. The number of carbonyl (C=O) groups excluding carboxylic acids is 1. The number of hydrogen-bond acceptors (Lipinski definition) is 6. The van der Waals surface area contributed by atoms with Crippen LogP contribution in [0.3, 0.4) is 0 Å². The van der Waals surface area contributed by atoms with E-state index in [0.29, 0.717) is 13.2 Å². The van der Waals surface area contributed by atoms with Crippen molar-refractivity contribution in [1.29, 1.82) is 0 Å². The molecule has 25 heavy (non-hydrogen) atoms. The highest BCUT2D eigenvalue weighted by molar-refractivity contribution is 5.90. The van der Waals surface area contributed by atoms with Crippen LogP contribution in [0, 0.1) is 0 Å². The second-order valence-corrected chi connectivity index (χ2v) is 5.01. The Balaban J connectivity index is 1.42. The zero-order valence-electron chi connectivity index (χ0n) is 13.4. The Hall–Kier alpha value is -3.26. The van der Waals surface area contributed by atoms with Crippen LogP contribution in [-0.4, -0.2) is 45.9 Å². The molecule has 0 aliphatic rings. The predicted molar refractivity (Wildman–Crippen MR) is 90.5 cm³/mol. The third kappa shape index (κ3) is 4.85. The van der Waals surface area contributed by atoms with Gasteiger partial charge in [0.2, 0.25) is 0 Å². The van der Waals surface area contributed by atoms with Crippen LogP contribution in [0.2, 0.25) is 0 Å². The van der Waals surface area contributed by atoms with Crippen LogP contribution >= 0.6 is 0 Å². The van der Waals surface area contributed by atoms with Gasteiger partial charge in [0.05, 0.1) is 12.3 Å². The van der Waals surface area contributed by atoms with Gasteiger partial charge in [-0.15, -0.1) is 0 Å². The van der Waals surface area contributed by atoms with Crippen LogP contribution < -0.4 is 10.1 Å². The molecule has 0 spiro atoms. The van der Waals surface area contributed by atoms with Crippen LogP contribution in [-0.2, 0) is 9.53 Å². The van der Waals surface area contributed by atoms with Crippen molar-refractivity contribution in [2.75, 3.05) is 25.1 Å². The van der Waals surface area contributed by atoms with E-state index in [1.807, 2.05) is 60.7 Å². The molecule has 3 rings (SSSR count). The Bertz CT molecular complexity index is 792. The van der Waals surface area contributed by atoms with E-state index in [1.165, 1.54) is 4.68 Å². The molecule has 1 aromatic heterocycles. The maximum atomic E-state index is 11.9. The molecule has 0 saturated carbocycles. The predicted octanol–water partition coefficient (Wildman–Crippen LogP) is 1.70. The quantitative estimate of drug-likeness (QED) is 0.628. The van der Waals surface area contributed by atoms with Crippen molar-refractivity contribution in [3.8, 4) is 11.4 Å². The van der Waals surface area contributed by atoms with Crippen LogP contribution in [0.25, 0.3) is 5.69 Å². The molecule has 3 aromatic rings. The smallest absolute Gasteiger partial charge is 0.254 e. The number of nitrogens with zero attached hydrogens (tertiary/aromatic N) is 4. The molecule has 0 aliphatic heterocycles. The lowest BCUT2D eigenvalue weighted by Crippen LogP contribution is -2.22. The molecule has 8 nitrogen and oxygen atoms in total. The summed E-state index contributed by atoms with van der Waals surface area (Å²) in [5.74, 6) is 0.657. The van der Waals surface area contributed by atoms with Crippen molar-refractivity contribution in [3.05, 3.63) is 60.7 Å². The van der Waals surface area contributed by atoms with Gasteiger partial charge in [-0.05, 0) is 34.7 Å². The minimum Gasteiger partial charge on any atom is -0.491 e. The number of tetrazole rings is 1. The third-order valence-electron chi connectivity index (χ3n) is 3.19. The molecule has 0 radical (unpaired) electrons. The van der Waals surface area contributed by atoms with Gasteiger partial charge in [0.15, 0.2) is 0 Å². The summed E-state index contributed by atoms with van der Waals surface area (Å²) in [6.45, 7) is 0.546. The second-order valence-electron chi connectivity index (χ2n) is 5.01. The fourth-order valence-corrected chi connectivity index (χ4v) is 2.07. The fourth-order valence-electron chi connectivity index (χ4n) is 2.07. The van der Waals surface area contributed by atoms with E-state index in [9.17, 15) is 4.79 Å². The van der Waals surface area contributed by atoms with Gasteiger partial charge < -0.3 is 9.47 Å². The number of aromatic nitrogens is 4. The lowest BCUT2D eigenvalue weighted by Gasteiger charge is -2.08. The number of hydrogen-bond donors (Lipinski definition) is 1. The van der Waals surface area contributed by atoms with E-state index < -0.39 is 0 Å². The maximum absolute atomic E-state index is 11.9. The first kappa shape index (κ1) is 16.6. The number of rotatable bonds is 8. The number of ether oxygens (including phenoxy) is 2. The van der Waals surface area contributed by atoms with Crippen molar-refractivity contribution >= 4 is 11.9 Å². The van der Waals surface area contributed by atoms with E-state index in [-0.39, 0.29) is 18.5 Å². The van der Waals surface area contributed by atoms with Crippen molar-refractivity contribution in [2.24, 2.45) is 0 Å². The van der Waals surface area contributed by atoms with Gasteiger partial charge in [-0.1, -0.05) is 41.5 Å². The monoisotopic (exact) mass is 339 g/mol. The zero-order chi connectivity index (χ0) is 17.3. The average molecular weight is 339 g/mol. The Morgan fingerprint density at radius 3 is 2.48 bits per heavy atom.